The number of carboxylic acid groups (broad SMARTS) is 1. The fourth-order valence-electron chi connectivity index (χ4n) is 4.16. The molecule has 0 spiro atoms. The molecule has 0 amide bonds. The Kier molecular flexibility index (Phi) is 5.62. The van der Waals surface area contributed by atoms with E-state index in [2.05, 4.69) is 20.5 Å². The standard InChI is InChI=1S/C24H22N6O6/c31-24(32)36-21-20(14-1-4-18-19(12-14)35-10-9-34-18)27-23(30-5-7-33-8-6-30)28-22(21)26-16-2-3-17-15(11-16)13-25-29-17/h1-4,11-13H,5-10H2,(H,25,29)(H,31,32)(H,26,27,28). The predicted molar refractivity (Wildman–Crippen MR) is 130 cm³/mol. The molecular weight excluding hydrogens is 468 g/mol. The number of benzene rings is 2. The summed E-state index contributed by atoms with van der Waals surface area (Å²) >= 11 is 0. The fourth-order valence-corrected chi connectivity index (χ4v) is 4.16. The molecule has 36 heavy (non-hydrogen) atoms. The number of nitrogens with zero attached hydrogens (tertiary/aromatic N) is 4. The molecule has 1 fully saturated rings. The highest BCUT2D eigenvalue weighted by atomic mass is 16.7. The number of anilines is 3. The summed E-state index contributed by atoms with van der Waals surface area (Å²) in [6.45, 7) is 3.15. The van der Waals surface area contributed by atoms with Crippen molar-refractivity contribution < 1.29 is 28.8 Å². The molecule has 184 valence electrons. The summed E-state index contributed by atoms with van der Waals surface area (Å²) in [7, 11) is 0. The van der Waals surface area contributed by atoms with Crippen LogP contribution in [0, 0.1) is 0 Å². The van der Waals surface area contributed by atoms with Crippen molar-refractivity contribution in [2.24, 2.45) is 0 Å². The van der Waals surface area contributed by atoms with Crippen LogP contribution in [0.2, 0.25) is 0 Å². The van der Waals surface area contributed by atoms with E-state index in [1.165, 1.54) is 0 Å². The Morgan fingerprint density at radius 2 is 1.86 bits per heavy atom. The third kappa shape index (κ3) is 4.29. The van der Waals surface area contributed by atoms with E-state index in [0.717, 1.165) is 10.9 Å². The van der Waals surface area contributed by atoms with Gasteiger partial charge >= 0.3 is 6.16 Å². The Morgan fingerprint density at radius 3 is 2.69 bits per heavy atom. The van der Waals surface area contributed by atoms with Crippen molar-refractivity contribution in [2.45, 2.75) is 0 Å². The van der Waals surface area contributed by atoms with Crippen LogP contribution >= 0.6 is 0 Å². The van der Waals surface area contributed by atoms with Gasteiger partial charge < -0.3 is 34.3 Å². The average Bonchev–Trinajstić information content (AvgIpc) is 3.37. The number of hydrogen-bond donors (Lipinski definition) is 3. The van der Waals surface area contributed by atoms with Crippen molar-refractivity contribution in [3.8, 4) is 28.5 Å². The summed E-state index contributed by atoms with van der Waals surface area (Å²) in [4.78, 5) is 23.1. The summed E-state index contributed by atoms with van der Waals surface area (Å²) in [6.07, 6.45) is 0.222. The van der Waals surface area contributed by atoms with E-state index in [1.54, 1.807) is 24.4 Å². The molecule has 4 aromatic rings. The molecule has 3 N–H and O–H groups in total. The van der Waals surface area contributed by atoms with Crippen molar-refractivity contribution in [3.63, 3.8) is 0 Å². The van der Waals surface area contributed by atoms with Crippen molar-refractivity contribution in [1.82, 2.24) is 20.2 Å². The van der Waals surface area contributed by atoms with Crippen LogP contribution in [0.1, 0.15) is 0 Å². The smallest absolute Gasteiger partial charge is 0.486 e. The van der Waals surface area contributed by atoms with Crippen LogP contribution in [0.3, 0.4) is 0 Å². The van der Waals surface area contributed by atoms with Gasteiger partial charge in [-0.25, -0.2) is 9.78 Å². The molecule has 0 bridgehead atoms. The lowest BCUT2D eigenvalue weighted by molar-refractivity contribution is 0.122. The molecule has 0 aliphatic carbocycles. The number of ether oxygens (including phenoxy) is 4. The van der Waals surface area contributed by atoms with Crippen LogP contribution < -0.4 is 24.4 Å². The van der Waals surface area contributed by atoms with E-state index >= 15 is 0 Å². The molecule has 2 aliphatic heterocycles. The van der Waals surface area contributed by atoms with Crippen LogP contribution in [0.5, 0.6) is 17.2 Å². The quantitative estimate of drug-likeness (QED) is 0.354. The molecule has 1 saturated heterocycles. The van der Waals surface area contributed by atoms with Gasteiger partial charge in [0.2, 0.25) is 11.7 Å². The summed E-state index contributed by atoms with van der Waals surface area (Å²) in [6, 6.07) is 10.9. The van der Waals surface area contributed by atoms with E-state index in [1.807, 2.05) is 23.1 Å². The van der Waals surface area contributed by atoms with Crippen molar-refractivity contribution in [2.75, 3.05) is 49.7 Å². The highest BCUT2D eigenvalue weighted by Gasteiger charge is 2.25. The second-order valence-electron chi connectivity index (χ2n) is 8.17. The maximum absolute atomic E-state index is 11.7. The predicted octanol–water partition coefficient (Wildman–Crippen LogP) is 3.43. The molecule has 12 heteroatoms. The number of nitrogens with one attached hydrogen (secondary N) is 2. The Balaban J connectivity index is 1.50. The zero-order valence-corrected chi connectivity index (χ0v) is 19.1. The molecule has 0 atom stereocenters. The number of hydrogen-bond acceptors (Lipinski definition) is 10. The molecule has 12 nitrogen and oxygen atoms in total. The zero-order chi connectivity index (χ0) is 24.5. The van der Waals surface area contributed by atoms with Crippen LogP contribution in [0.4, 0.5) is 22.2 Å². The fraction of sp³-hybridized carbons (Fsp3) is 0.250. The van der Waals surface area contributed by atoms with Gasteiger partial charge in [0.05, 0.1) is 24.9 Å². The Morgan fingerprint density at radius 1 is 1.03 bits per heavy atom. The monoisotopic (exact) mass is 490 g/mol. The number of H-pyrrole nitrogens is 1. The van der Waals surface area contributed by atoms with Gasteiger partial charge in [-0.1, -0.05) is 0 Å². The average molecular weight is 490 g/mol. The van der Waals surface area contributed by atoms with Gasteiger partial charge in [-0.2, -0.15) is 10.1 Å². The molecule has 6 rings (SSSR count). The Hall–Kier alpha value is -4.58. The zero-order valence-electron chi connectivity index (χ0n) is 19.1. The van der Waals surface area contributed by atoms with Crippen LogP contribution in [0.25, 0.3) is 22.2 Å². The first-order valence-corrected chi connectivity index (χ1v) is 11.4. The molecule has 4 heterocycles. The first-order chi connectivity index (χ1) is 17.6. The first-order valence-electron chi connectivity index (χ1n) is 11.4. The number of aromatic nitrogens is 4. The maximum Gasteiger partial charge on any atom is 0.511 e. The molecule has 2 aromatic heterocycles. The Labute approximate surface area is 204 Å². The number of carbonyl (C=O) groups is 1. The van der Waals surface area contributed by atoms with Crippen molar-refractivity contribution >= 4 is 34.5 Å². The lowest BCUT2D eigenvalue weighted by atomic mass is 10.1. The van der Waals surface area contributed by atoms with Gasteiger partial charge in [-0.05, 0) is 36.4 Å². The van der Waals surface area contributed by atoms with Gasteiger partial charge in [0, 0.05) is 29.7 Å². The number of aromatic amines is 1. The van der Waals surface area contributed by atoms with E-state index < -0.39 is 6.16 Å². The van der Waals surface area contributed by atoms with Gasteiger partial charge in [0.25, 0.3) is 0 Å². The number of morpholine rings is 1. The van der Waals surface area contributed by atoms with Crippen LogP contribution in [-0.2, 0) is 4.74 Å². The van der Waals surface area contributed by atoms with Gasteiger partial charge in [-0.3, -0.25) is 5.10 Å². The molecule has 0 saturated carbocycles. The normalized spacial score (nSPS) is 15.1. The van der Waals surface area contributed by atoms with E-state index in [4.69, 9.17) is 23.9 Å². The lowest BCUT2D eigenvalue weighted by Gasteiger charge is -2.28. The number of fused-ring (bicyclic) bond motifs is 2. The van der Waals surface area contributed by atoms with E-state index in [0.29, 0.717) is 73.9 Å². The van der Waals surface area contributed by atoms with Crippen molar-refractivity contribution in [1.29, 1.82) is 0 Å². The minimum atomic E-state index is -1.48. The number of rotatable bonds is 5. The largest absolute Gasteiger partial charge is 0.511 e. The second-order valence-corrected chi connectivity index (χ2v) is 8.17. The second kappa shape index (κ2) is 9.23. The van der Waals surface area contributed by atoms with Gasteiger partial charge in [0.15, 0.2) is 17.3 Å². The van der Waals surface area contributed by atoms with Crippen molar-refractivity contribution in [3.05, 3.63) is 42.6 Å². The van der Waals surface area contributed by atoms with Crippen LogP contribution in [-0.4, -0.2) is 70.9 Å². The third-order valence-corrected chi connectivity index (χ3v) is 5.86. The minimum absolute atomic E-state index is 0.0246. The summed E-state index contributed by atoms with van der Waals surface area (Å²) in [5, 5.41) is 20.6. The summed E-state index contributed by atoms with van der Waals surface area (Å²) in [5.41, 5.74) is 2.45. The van der Waals surface area contributed by atoms with Crippen LogP contribution in [0.15, 0.2) is 42.6 Å². The minimum Gasteiger partial charge on any atom is -0.486 e. The highest BCUT2D eigenvalue weighted by molar-refractivity contribution is 5.85. The first kappa shape index (κ1) is 21.9. The summed E-state index contributed by atoms with van der Waals surface area (Å²) in [5.74, 6) is 1.77. The molecule has 2 aliphatic rings. The topological polar surface area (TPSA) is 144 Å². The molecular formula is C24H22N6O6. The molecule has 0 radical (unpaired) electrons. The molecule has 2 aromatic carbocycles. The Bertz CT molecular complexity index is 1430. The summed E-state index contributed by atoms with van der Waals surface area (Å²) < 4.78 is 22.1. The van der Waals surface area contributed by atoms with E-state index in [9.17, 15) is 9.90 Å². The third-order valence-electron chi connectivity index (χ3n) is 5.86. The van der Waals surface area contributed by atoms with Gasteiger partial charge in [0.1, 0.15) is 18.9 Å². The SMILES string of the molecule is O=C(O)Oc1c(Nc2ccc3[nH]ncc3c2)nc(N2CCOCC2)nc1-c1ccc2c(c1)OCCO2. The maximum atomic E-state index is 11.7. The van der Waals surface area contributed by atoms with E-state index in [-0.39, 0.29) is 11.6 Å². The molecule has 0 unspecified atom stereocenters. The lowest BCUT2D eigenvalue weighted by Crippen LogP contribution is -2.37. The highest BCUT2D eigenvalue weighted by Crippen LogP contribution is 2.41. The van der Waals surface area contributed by atoms with Gasteiger partial charge in [-0.15, -0.1) is 0 Å².